The van der Waals surface area contributed by atoms with Gasteiger partial charge in [0, 0.05) is 37.5 Å². The highest BCUT2D eigenvalue weighted by molar-refractivity contribution is 7.11. The number of allylic oxidation sites excluding steroid dienone is 4. The van der Waals surface area contributed by atoms with Crippen molar-refractivity contribution < 1.29 is 13.6 Å². The van der Waals surface area contributed by atoms with Crippen LogP contribution in [0.3, 0.4) is 0 Å². The van der Waals surface area contributed by atoms with Crippen LogP contribution in [0, 0.1) is 0 Å². The number of urea groups is 1. The number of thiophene rings is 1. The molecule has 2 aromatic rings. The fourth-order valence-corrected chi connectivity index (χ4v) is 5.13. The maximum absolute atomic E-state index is 13.5. The van der Waals surface area contributed by atoms with E-state index in [1.807, 2.05) is 61.7 Å². The molecule has 2 amide bonds. The van der Waals surface area contributed by atoms with Crippen LogP contribution in [-0.4, -0.2) is 34.8 Å². The number of nitrogens with two attached hydrogens (primary N) is 1. The summed E-state index contributed by atoms with van der Waals surface area (Å²) in [5.74, 6) is -2.59. The standard InChI is InChI=1S/C27H32F2N4OS/c1-3-5-24(23(30)10-7-19(2)25-6-4-13-35-25)31-26(34)33-16-21-9-8-20(14-22(21)17-33)15-32-12-11-27(28,29)18-32/h4-10,13-14H,3,11-12,15-18,30H2,1-2H3,(H,31,34)/b19-7+,23-10+,24-5-. The topological polar surface area (TPSA) is 61.6 Å². The van der Waals surface area contributed by atoms with Crippen LogP contribution < -0.4 is 11.1 Å². The van der Waals surface area contributed by atoms with E-state index in [-0.39, 0.29) is 19.0 Å². The molecule has 0 saturated carbocycles. The Kier molecular flexibility index (Phi) is 7.72. The third-order valence-electron chi connectivity index (χ3n) is 6.32. The molecule has 1 aromatic heterocycles. The van der Waals surface area contributed by atoms with Crippen LogP contribution in [0.2, 0.25) is 0 Å². The number of benzene rings is 1. The third-order valence-corrected chi connectivity index (χ3v) is 7.32. The lowest BCUT2D eigenvalue weighted by Gasteiger charge is -2.18. The molecule has 3 N–H and O–H groups in total. The summed E-state index contributed by atoms with van der Waals surface area (Å²) in [7, 11) is 0. The molecule has 0 atom stereocenters. The Morgan fingerprint density at radius 2 is 2.03 bits per heavy atom. The van der Waals surface area contributed by atoms with Crippen LogP contribution in [0.5, 0.6) is 0 Å². The van der Waals surface area contributed by atoms with Crippen molar-refractivity contribution in [3.05, 3.63) is 86.9 Å². The summed E-state index contributed by atoms with van der Waals surface area (Å²) >= 11 is 1.67. The van der Waals surface area contributed by atoms with Crippen molar-refractivity contribution in [1.82, 2.24) is 15.1 Å². The molecule has 8 heteroatoms. The van der Waals surface area contributed by atoms with Gasteiger partial charge in [0.15, 0.2) is 0 Å². The largest absolute Gasteiger partial charge is 0.397 e. The van der Waals surface area contributed by atoms with E-state index in [4.69, 9.17) is 5.73 Å². The van der Waals surface area contributed by atoms with Gasteiger partial charge in [-0.15, -0.1) is 11.3 Å². The number of nitrogens with one attached hydrogen (secondary N) is 1. The van der Waals surface area contributed by atoms with Gasteiger partial charge in [0.2, 0.25) is 0 Å². The highest BCUT2D eigenvalue weighted by atomic mass is 32.1. The van der Waals surface area contributed by atoms with E-state index in [9.17, 15) is 13.6 Å². The average Bonchev–Trinajstić information content (AvgIpc) is 3.56. The van der Waals surface area contributed by atoms with Crippen molar-refractivity contribution in [2.24, 2.45) is 5.73 Å². The Hall–Kier alpha value is -2.97. The number of alkyl halides is 2. The van der Waals surface area contributed by atoms with Crippen LogP contribution in [-0.2, 0) is 19.6 Å². The fourth-order valence-electron chi connectivity index (χ4n) is 4.42. The molecule has 3 heterocycles. The SMILES string of the molecule is CC/C=C(NC(=O)N1Cc2ccc(CN3CCC(F)(F)C3)cc2C1)/C(N)=C\C=C(/C)c1cccs1. The molecule has 4 rings (SSSR count). The van der Waals surface area contributed by atoms with E-state index in [2.05, 4.69) is 11.4 Å². The summed E-state index contributed by atoms with van der Waals surface area (Å²) in [6.07, 6.45) is 6.34. The first-order chi connectivity index (χ1) is 16.7. The summed E-state index contributed by atoms with van der Waals surface area (Å²) in [4.78, 5) is 17.7. The van der Waals surface area contributed by atoms with Gasteiger partial charge in [0.1, 0.15) is 0 Å². The van der Waals surface area contributed by atoms with Crippen molar-refractivity contribution >= 4 is 22.9 Å². The Labute approximate surface area is 209 Å². The Balaban J connectivity index is 1.38. The minimum absolute atomic E-state index is 0.0829. The number of nitrogens with zero attached hydrogens (tertiary/aromatic N) is 2. The molecular weight excluding hydrogens is 466 g/mol. The Morgan fingerprint density at radius 3 is 2.71 bits per heavy atom. The minimum atomic E-state index is -2.59. The fraction of sp³-hybridized carbons (Fsp3) is 0.370. The van der Waals surface area contributed by atoms with E-state index in [1.54, 1.807) is 21.1 Å². The lowest BCUT2D eigenvalue weighted by molar-refractivity contribution is 0.0115. The number of hydrogen-bond donors (Lipinski definition) is 2. The van der Waals surface area contributed by atoms with Crippen LogP contribution >= 0.6 is 11.3 Å². The van der Waals surface area contributed by atoms with Gasteiger partial charge in [-0.25, -0.2) is 13.6 Å². The highest BCUT2D eigenvalue weighted by Gasteiger charge is 2.38. The Morgan fingerprint density at radius 1 is 1.23 bits per heavy atom. The summed E-state index contributed by atoms with van der Waals surface area (Å²) in [6, 6.07) is 9.87. The number of carbonyl (C=O) groups is 1. The maximum Gasteiger partial charge on any atom is 0.322 e. The molecule has 0 aliphatic carbocycles. The van der Waals surface area contributed by atoms with E-state index in [0.29, 0.717) is 37.6 Å². The zero-order valence-electron chi connectivity index (χ0n) is 20.2. The third kappa shape index (κ3) is 6.38. The lowest BCUT2D eigenvalue weighted by atomic mass is 10.1. The molecule has 0 radical (unpaired) electrons. The summed E-state index contributed by atoms with van der Waals surface area (Å²) in [6.45, 7) is 5.72. The van der Waals surface area contributed by atoms with Crippen LogP contribution in [0.1, 0.15) is 48.3 Å². The molecule has 0 bridgehead atoms. The van der Waals surface area contributed by atoms with Gasteiger partial charge in [-0.3, -0.25) is 4.90 Å². The normalized spacial score (nSPS) is 18.7. The smallest absolute Gasteiger partial charge is 0.322 e. The number of amides is 2. The summed E-state index contributed by atoms with van der Waals surface area (Å²) in [5.41, 5.74) is 11.6. The second kappa shape index (κ2) is 10.7. The van der Waals surface area contributed by atoms with Crippen molar-refractivity contribution in [2.45, 2.75) is 52.2 Å². The molecule has 2 aliphatic heterocycles. The number of halogens is 2. The van der Waals surface area contributed by atoms with Crippen molar-refractivity contribution in [2.75, 3.05) is 13.1 Å². The summed E-state index contributed by atoms with van der Waals surface area (Å²) in [5, 5.41) is 5.00. The van der Waals surface area contributed by atoms with Crippen LogP contribution in [0.15, 0.2) is 65.3 Å². The van der Waals surface area contributed by atoms with Crippen molar-refractivity contribution in [3.63, 3.8) is 0 Å². The molecule has 186 valence electrons. The average molecular weight is 499 g/mol. The molecule has 1 fully saturated rings. The van der Waals surface area contributed by atoms with E-state index in [0.717, 1.165) is 28.7 Å². The molecule has 35 heavy (non-hydrogen) atoms. The minimum Gasteiger partial charge on any atom is -0.397 e. The monoisotopic (exact) mass is 498 g/mol. The summed E-state index contributed by atoms with van der Waals surface area (Å²) < 4.78 is 27.0. The van der Waals surface area contributed by atoms with E-state index in [1.165, 1.54) is 4.88 Å². The number of rotatable bonds is 7. The molecule has 0 unspecified atom stereocenters. The zero-order valence-corrected chi connectivity index (χ0v) is 21.0. The second-order valence-corrected chi connectivity index (χ2v) is 10.1. The lowest BCUT2D eigenvalue weighted by Crippen LogP contribution is -2.37. The molecule has 5 nitrogen and oxygen atoms in total. The Bertz CT molecular complexity index is 1150. The first-order valence-electron chi connectivity index (χ1n) is 11.9. The van der Waals surface area contributed by atoms with Crippen molar-refractivity contribution in [3.8, 4) is 0 Å². The zero-order chi connectivity index (χ0) is 25.0. The van der Waals surface area contributed by atoms with Crippen LogP contribution in [0.25, 0.3) is 5.57 Å². The molecule has 1 aromatic carbocycles. The number of fused-ring (bicyclic) bond motifs is 1. The quantitative estimate of drug-likeness (QED) is 0.471. The van der Waals surface area contributed by atoms with Crippen molar-refractivity contribution in [1.29, 1.82) is 0 Å². The molecule has 1 saturated heterocycles. The molecular formula is C27H32F2N4OS. The number of likely N-dealkylation sites (tertiary alicyclic amines) is 1. The molecule has 2 aliphatic rings. The van der Waals surface area contributed by atoms with E-state index < -0.39 is 5.92 Å². The van der Waals surface area contributed by atoms with Gasteiger partial charge in [0.25, 0.3) is 5.92 Å². The molecule has 0 spiro atoms. The van der Waals surface area contributed by atoms with Gasteiger partial charge in [-0.1, -0.05) is 43.3 Å². The predicted molar refractivity (Wildman–Crippen MR) is 138 cm³/mol. The number of carbonyl (C=O) groups excluding carboxylic acids is 1. The predicted octanol–water partition coefficient (Wildman–Crippen LogP) is 5.85. The van der Waals surface area contributed by atoms with E-state index >= 15 is 0 Å². The number of hydrogen-bond acceptors (Lipinski definition) is 4. The first-order valence-corrected chi connectivity index (χ1v) is 12.8. The second-order valence-electron chi connectivity index (χ2n) is 9.18. The maximum atomic E-state index is 13.5. The van der Waals surface area contributed by atoms with Crippen LogP contribution in [0.4, 0.5) is 13.6 Å². The van der Waals surface area contributed by atoms with Gasteiger partial charge in [0.05, 0.1) is 17.9 Å². The first kappa shape index (κ1) is 25.1. The van der Waals surface area contributed by atoms with Gasteiger partial charge in [-0.05, 0) is 53.1 Å². The highest BCUT2D eigenvalue weighted by Crippen LogP contribution is 2.29. The van der Waals surface area contributed by atoms with Gasteiger partial charge in [-0.2, -0.15) is 0 Å². The van der Waals surface area contributed by atoms with Gasteiger partial charge < -0.3 is 16.0 Å². The van der Waals surface area contributed by atoms with Gasteiger partial charge >= 0.3 is 6.03 Å².